The Labute approximate surface area is 115 Å². The molecule has 1 amide bonds. The Bertz CT molecular complexity index is 418. The van der Waals surface area contributed by atoms with Gasteiger partial charge in [0, 0.05) is 19.0 Å². The predicted octanol–water partition coefficient (Wildman–Crippen LogP) is 2.38. The van der Waals surface area contributed by atoms with Gasteiger partial charge < -0.3 is 10.6 Å². The summed E-state index contributed by atoms with van der Waals surface area (Å²) in [7, 11) is 0. The fourth-order valence-corrected chi connectivity index (χ4v) is 2.67. The van der Waals surface area contributed by atoms with E-state index in [4.69, 9.17) is 5.73 Å². The third kappa shape index (κ3) is 3.16. The molecule has 0 aliphatic carbocycles. The molecule has 0 bridgehead atoms. The Balaban J connectivity index is 1.97. The molecular formula is C16H24N2O. The Morgan fingerprint density at radius 2 is 2.11 bits per heavy atom. The van der Waals surface area contributed by atoms with Crippen LogP contribution in [0, 0.1) is 5.92 Å². The maximum absolute atomic E-state index is 12.3. The van der Waals surface area contributed by atoms with Gasteiger partial charge in [0.2, 0.25) is 5.91 Å². The maximum atomic E-state index is 12.3. The quantitative estimate of drug-likeness (QED) is 0.903. The summed E-state index contributed by atoms with van der Waals surface area (Å²) in [6.45, 7) is 5.78. The summed E-state index contributed by atoms with van der Waals surface area (Å²) in [6, 6.07) is 10.1. The molecule has 104 valence electrons. The van der Waals surface area contributed by atoms with E-state index in [0.717, 1.165) is 25.9 Å². The molecule has 0 aromatic heterocycles. The summed E-state index contributed by atoms with van der Waals surface area (Å²) >= 11 is 0. The van der Waals surface area contributed by atoms with Gasteiger partial charge in [-0.1, -0.05) is 50.6 Å². The van der Waals surface area contributed by atoms with Gasteiger partial charge >= 0.3 is 0 Å². The molecule has 3 atom stereocenters. The first-order valence-electron chi connectivity index (χ1n) is 7.22. The smallest absolute Gasteiger partial charge is 0.239 e. The minimum Gasteiger partial charge on any atom is -0.341 e. The Kier molecular flexibility index (Phi) is 4.59. The molecule has 1 saturated heterocycles. The van der Waals surface area contributed by atoms with Crippen molar-refractivity contribution in [2.45, 2.75) is 38.6 Å². The highest BCUT2D eigenvalue weighted by molar-refractivity contribution is 5.82. The lowest BCUT2D eigenvalue weighted by molar-refractivity contribution is -0.132. The van der Waals surface area contributed by atoms with Gasteiger partial charge in [-0.25, -0.2) is 0 Å². The summed E-state index contributed by atoms with van der Waals surface area (Å²) in [5.74, 6) is 0.838. The molecule has 1 heterocycles. The average Bonchev–Trinajstić information content (AvgIpc) is 2.95. The van der Waals surface area contributed by atoms with Gasteiger partial charge in [-0.05, 0) is 17.9 Å². The van der Waals surface area contributed by atoms with Gasteiger partial charge in [-0.3, -0.25) is 4.79 Å². The molecule has 1 aliphatic heterocycles. The third-order valence-corrected chi connectivity index (χ3v) is 4.31. The Morgan fingerprint density at radius 3 is 2.74 bits per heavy atom. The van der Waals surface area contributed by atoms with Gasteiger partial charge in [0.25, 0.3) is 0 Å². The molecule has 0 spiro atoms. The van der Waals surface area contributed by atoms with Crippen LogP contribution in [0.4, 0.5) is 0 Å². The Hall–Kier alpha value is -1.35. The van der Waals surface area contributed by atoms with E-state index in [2.05, 4.69) is 31.2 Å². The van der Waals surface area contributed by atoms with Crippen molar-refractivity contribution in [1.29, 1.82) is 0 Å². The number of rotatable bonds is 4. The van der Waals surface area contributed by atoms with Crippen molar-refractivity contribution >= 4 is 5.91 Å². The molecule has 2 unspecified atom stereocenters. The fourth-order valence-electron chi connectivity index (χ4n) is 2.67. The first-order chi connectivity index (χ1) is 9.13. The maximum Gasteiger partial charge on any atom is 0.239 e. The van der Waals surface area contributed by atoms with Gasteiger partial charge in [-0.15, -0.1) is 0 Å². The second-order valence-electron chi connectivity index (χ2n) is 5.59. The molecule has 0 saturated carbocycles. The summed E-state index contributed by atoms with van der Waals surface area (Å²) in [5, 5.41) is 0. The lowest BCUT2D eigenvalue weighted by Gasteiger charge is -2.24. The van der Waals surface area contributed by atoms with Crippen LogP contribution in [0.1, 0.15) is 38.2 Å². The van der Waals surface area contributed by atoms with Crippen LogP contribution in [0.15, 0.2) is 30.3 Å². The summed E-state index contributed by atoms with van der Waals surface area (Å²) in [6.07, 6.45) is 1.99. The number of likely N-dealkylation sites (tertiary alicyclic amines) is 1. The van der Waals surface area contributed by atoms with Crippen molar-refractivity contribution < 1.29 is 4.79 Å². The number of nitrogens with zero attached hydrogens (tertiary/aromatic N) is 1. The summed E-state index contributed by atoms with van der Waals surface area (Å²) < 4.78 is 0. The van der Waals surface area contributed by atoms with Crippen molar-refractivity contribution in [1.82, 2.24) is 4.90 Å². The van der Waals surface area contributed by atoms with Crippen LogP contribution in [0.5, 0.6) is 0 Å². The highest BCUT2D eigenvalue weighted by Crippen LogP contribution is 2.27. The van der Waals surface area contributed by atoms with E-state index in [1.54, 1.807) is 0 Å². The van der Waals surface area contributed by atoms with Crippen LogP contribution >= 0.6 is 0 Å². The van der Waals surface area contributed by atoms with E-state index in [-0.39, 0.29) is 17.9 Å². The highest BCUT2D eigenvalue weighted by Gasteiger charge is 2.31. The molecule has 0 radical (unpaired) electrons. The number of hydrogen-bond donors (Lipinski definition) is 1. The molecule has 1 aromatic rings. The molecule has 1 aliphatic rings. The van der Waals surface area contributed by atoms with Crippen LogP contribution < -0.4 is 5.73 Å². The second kappa shape index (κ2) is 6.20. The number of carbonyl (C=O) groups is 1. The van der Waals surface area contributed by atoms with Gasteiger partial charge in [0.15, 0.2) is 0 Å². The van der Waals surface area contributed by atoms with Gasteiger partial charge in [0.05, 0.1) is 6.04 Å². The number of nitrogens with two attached hydrogens (primary N) is 1. The molecule has 3 nitrogen and oxygen atoms in total. The highest BCUT2D eigenvalue weighted by atomic mass is 16.2. The molecule has 2 rings (SSSR count). The minimum absolute atomic E-state index is 0.118. The Morgan fingerprint density at radius 1 is 1.42 bits per heavy atom. The number of hydrogen-bond acceptors (Lipinski definition) is 2. The van der Waals surface area contributed by atoms with E-state index in [1.807, 2.05) is 17.9 Å². The number of carbonyl (C=O) groups excluding carboxylic acids is 1. The van der Waals surface area contributed by atoms with Gasteiger partial charge in [0.1, 0.15) is 0 Å². The normalized spacial score (nSPS) is 22.3. The average molecular weight is 260 g/mol. The second-order valence-corrected chi connectivity index (χ2v) is 5.59. The van der Waals surface area contributed by atoms with Crippen LogP contribution in [0.25, 0.3) is 0 Å². The van der Waals surface area contributed by atoms with Crippen LogP contribution in [0.3, 0.4) is 0 Å². The van der Waals surface area contributed by atoms with Crippen LogP contribution in [-0.2, 0) is 4.79 Å². The van der Waals surface area contributed by atoms with E-state index in [1.165, 1.54) is 5.56 Å². The van der Waals surface area contributed by atoms with Crippen molar-refractivity contribution in [3.63, 3.8) is 0 Å². The molecular weight excluding hydrogens is 236 g/mol. The van der Waals surface area contributed by atoms with Crippen molar-refractivity contribution in [2.24, 2.45) is 11.7 Å². The zero-order valence-corrected chi connectivity index (χ0v) is 11.9. The SMILES string of the molecule is CCC(C)[C@H](N)C(=O)N1CCC(c2ccccc2)C1. The van der Waals surface area contributed by atoms with Crippen molar-refractivity contribution in [3.05, 3.63) is 35.9 Å². The molecule has 19 heavy (non-hydrogen) atoms. The van der Waals surface area contributed by atoms with Crippen molar-refractivity contribution in [2.75, 3.05) is 13.1 Å². The van der Waals surface area contributed by atoms with Crippen LogP contribution in [0.2, 0.25) is 0 Å². The lowest BCUT2D eigenvalue weighted by Crippen LogP contribution is -2.46. The first-order valence-corrected chi connectivity index (χ1v) is 7.22. The first kappa shape index (κ1) is 14.1. The standard InChI is InChI=1S/C16H24N2O/c1-3-12(2)15(17)16(19)18-10-9-14(11-18)13-7-5-4-6-8-13/h4-8,12,14-15H,3,9-11,17H2,1-2H3/t12?,14?,15-/m0/s1. The van der Waals surface area contributed by atoms with E-state index in [0.29, 0.717) is 5.92 Å². The molecule has 3 heteroatoms. The van der Waals surface area contributed by atoms with E-state index < -0.39 is 0 Å². The molecule has 1 fully saturated rings. The van der Waals surface area contributed by atoms with E-state index >= 15 is 0 Å². The van der Waals surface area contributed by atoms with Gasteiger partial charge in [-0.2, -0.15) is 0 Å². The molecule has 1 aromatic carbocycles. The zero-order valence-electron chi connectivity index (χ0n) is 11.9. The largest absolute Gasteiger partial charge is 0.341 e. The minimum atomic E-state index is -0.348. The fraction of sp³-hybridized carbons (Fsp3) is 0.562. The summed E-state index contributed by atoms with van der Waals surface area (Å²) in [4.78, 5) is 14.3. The predicted molar refractivity (Wildman–Crippen MR) is 77.8 cm³/mol. The van der Waals surface area contributed by atoms with Crippen LogP contribution in [-0.4, -0.2) is 29.9 Å². The van der Waals surface area contributed by atoms with Crippen molar-refractivity contribution in [3.8, 4) is 0 Å². The number of amides is 1. The monoisotopic (exact) mass is 260 g/mol. The third-order valence-electron chi connectivity index (χ3n) is 4.31. The molecule has 2 N–H and O–H groups in total. The zero-order chi connectivity index (χ0) is 13.8. The summed E-state index contributed by atoms with van der Waals surface area (Å²) in [5.41, 5.74) is 7.37. The number of benzene rings is 1. The van der Waals surface area contributed by atoms with E-state index in [9.17, 15) is 4.79 Å². The lowest BCUT2D eigenvalue weighted by atomic mass is 9.98. The topological polar surface area (TPSA) is 46.3 Å².